The number of anilines is 1. The molecule has 146 valence electrons. The van der Waals surface area contributed by atoms with Crippen LogP contribution in [0.5, 0.6) is 11.5 Å². The third-order valence-corrected chi connectivity index (χ3v) is 6.43. The smallest absolute Gasteiger partial charge is 0.270 e. The highest BCUT2D eigenvalue weighted by Gasteiger charge is 2.34. The van der Waals surface area contributed by atoms with Gasteiger partial charge in [-0.15, -0.1) is 0 Å². The quantitative estimate of drug-likeness (QED) is 0.362. The van der Waals surface area contributed by atoms with Crippen molar-refractivity contribution in [3.63, 3.8) is 0 Å². The number of benzene rings is 2. The van der Waals surface area contributed by atoms with E-state index in [1.807, 2.05) is 36.4 Å². The maximum atomic E-state index is 13.2. The van der Waals surface area contributed by atoms with Gasteiger partial charge in [-0.2, -0.15) is 0 Å². The lowest BCUT2D eigenvalue weighted by molar-refractivity contribution is -0.113. The van der Waals surface area contributed by atoms with Crippen molar-refractivity contribution in [1.82, 2.24) is 4.98 Å². The summed E-state index contributed by atoms with van der Waals surface area (Å²) in [6, 6.07) is 13.1. The molecule has 1 saturated heterocycles. The summed E-state index contributed by atoms with van der Waals surface area (Å²) in [5.41, 5.74) is 2.20. The molecule has 0 radical (unpaired) electrons. The van der Waals surface area contributed by atoms with Gasteiger partial charge in [0.1, 0.15) is 0 Å². The first-order valence-corrected chi connectivity index (χ1v) is 10.6. The summed E-state index contributed by atoms with van der Waals surface area (Å²) in [5, 5.41) is 0.919. The Morgan fingerprint density at radius 2 is 1.93 bits per heavy atom. The third-order valence-electron chi connectivity index (χ3n) is 4.44. The van der Waals surface area contributed by atoms with Gasteiger partial charge in [0.2, 0.25) is 0 Å². The van der Waals surface area contributed by atoms with Crippen LogP contribution in [0.25, 0.3) is 17.0 Å². The molecule has 0 spiro atoms. The number of nitrogens with zero attached hydrogens (tertiary/aromatic N) is 2. The molecule has 1 fully saturated rings. The number of halogens is 1. The Labute approximate surface area is 185 Å². The summed E-state index contributed by atoms with van der Waals surface area (Å²) in [4.78, 5) is 19.7. The van der Waals surface area contributed by atoms with Crippen molar-refractivity contribution in [1.29, 1.82) is 0 Å². The summed E-state index contributed by atoms with van der Waals surface area (Å²) in [7, 11) is 3.16. The lowest BCUT2D eigenvalue weighted by atomic mass is 10.1. The lowest BCUT2D eigenvalue weighted by Crippen LogP contribution is -2.27. The van der Waals surface area contributed by atoms with Crippen molar-refractivity contribution in [2.45, 2.75) is 0 Å². The molecule has 1 aliphatic heterocycles. The van der Waals surface area contributed by atoms with Gasteiger partial charge in [-0.1, -0.05) is 52.0 Å². The van der Waals surface area contributed by atoms with Crippen molar-refractivity contribution < 1.29 is 14.3 Å². The van der Waals surface area contributed by atoms with Gasteiger partial charge < -0.3 is 9.47 Å². The van der Waals surface area contributed by atoms with Crippen molar-refractivity contribution >= 4 is 72.8 Å². The van der Waals surface area contributed by atoms with Crippen LogP contribution in [0.3, 0.4) is 0 Å². The Bertz CT molecular complexity index is 1180. The molecule has 0 bridgehead atoms. The summed E-state index contributed by atoms with van der Waals surface area (Å²) >= 11 is 10.3. The molecule has 0 aliphatic carbocycles. The highest BCUT2D eigenvalue weighted by molar-refractivity contribution is 9.10. The minimum Gasteiger partial charge on any atom is -0.493 e. The van der Waals surface area contributed by atoms with Crippen LogP contribution in [0.4, 0.5) is 5.69 Å². The molecule has 29 heavy (non-hydrogen) atoms. The minimum absolute atomic E-state index is 0.177. The molecule has 8 heteroatoms. The number of hydrogen-bond donors (Lipinski definition) is 0. The van der Waals surface area contributed by atoms with E-state index in [4.69, 9.17) is 21.7 Å². The fourth-order valence-corrected chi connectivity index (χ4v) is 4.81. The molecule has 2 heterocycles. The average Bonchev–Trinajstić information content (AvgIpc) is 3.01. The lowest BCUT2D eigenvalue weighted by Gasteiger charge is -2.17. The van der Waals surface area contributed by atoms with E-state index >= 15 is 0 Å². The molecule has 5 nitrogen and oxygen atoms in total. The first kappa shape index (κ1) is 19.9. The molecule has 4 rings (SSSR count). The number of thioether (sulfide) groups is 1. The number of thiocarbonyl (C=S) groups is 1. The molecule has 0 atom stereocenters. The van der Waals surface area contributed by atoms with E-state index < -0.39 is 0 Å². The third kappa shape index (κ3) is 3.63. The Kier molecular flexibility index (Phi) is 5.58. The van der Waals surface area contributed by atoms with Crippen molar-refractivity contribution in [2.24, 2.45) is 0 Å². The summed E-state index contributed by atoms with van der Waals surface area (Å²) in [5.74, 6) is 1.05. The predicted octanol–water partition coefficient (Wildman–Crippen LogP) is 5.42. The normalized spacial score (nSPS) is 15.4. The first-order valence-electron chi connectivity index (χ1n) is 8.56. The number of pyridine rings is 1. The zero-order valence-electron chi connectivity index (χ0n) is 15.5. The van der Waals surface area contributed by atoms with Crippen LogP contribution < -0.4 is 14.4 Å². The maximum absolute atomic E-state index is 13.2. The zero-order valence-corrected chi connectivity index (χ0v) is 18.7. The van der Waals surface area contributed by atoms with Gasteiger partial charge in [-0.05, 0) is 42.0 Å². The first-order chi connectivity index (χ1) is 14.0. The van der Waals surface area contributed by atoms with Crippen LogP contribution in [0.2, 0.25) is 0 Å². The standard InChI is InChI=1S/C21H15BrN2O3S2/c1-26-16-8-5-12(10-17(16)27-2)11-18-20(25)24(21(28)29-18)15-7-6-14(22)13-4-3-9-23-19(13)15/h3-11H,1-2H3/b18-11-. The van der Waals surface area contributed by atoms with Gasteiger partial charge in [0, 0.05) is 16.1 Å². The molecule has 1 aliphatic rings. The fourth-order valence-electron chi connectivity index (χ4n) is 3.07. The van der Waals surface area contributed by atoms with Crippen molar-refractivity contribution in [3.8, 4) is 11.5 Å². The van der Waals surface area contributed by atoms with E-state index in [2.05, 4.69) is 20.9 Å². The molecule has 1 aromatic heterocycles. The SMILES string of the molecule is COc1ccc(/C=C2\SC(=S)N(c3ccc(Br)c4cccnc34)C2=O)cc1OC. The van der Waals surface area contributed by atoms with Gasteiger partial charge >= 0.3 is 0 Å². The number of carbonyl (C=O) groups excluding carboxylic acids is 1. The number of aromatic nitrogens is 1. The van der Waals surface area contributed by atoms with Crippen LogP contribution in [0, 0.1) is 0 Å². The monoisotopic (exact) mass is 486 g/mol. The van der Waals surface area contributed by atoms with Crippen molar-refractivity contribution in [3.05, 3.63) is 63.6 Å². The van der Waals surface area contributed by atoms with Gasteiger partial charge in [0.25, 0.3) is 5.91 Å². The van der Waals surface area contributed by atoms with E-state index in [1.165, 1.54) is 16.7 Å². The van der Waals surface area contributed by atoms with E-state index in [0.29, 0.717) is 31.9 Å². The number of methoxy groups -OCH3 is 2. The van der Waals surface area contributed by atoms with Gasteiger partial charge in [-0.3, -0.25) is 14.7 Å². The zero-order chi connectivity index (χ0) is 20.5. The topological polar surface area (TPSA) is 51.7 Å². The predicted molar refractivity (Wildman–Crippen MR) is 125 cm³/mol. The van der Waals surface area contributed by atoms with Crippen LogP contribution in [0.15, 0.2) is 58.0 Å². The summed E-state index contributed by atoms with van der Waals surface area (Å²) < 4.78 is 12.0. The summed E-state index contributed by atoms with van der Waals surface area (Å²) in [6.45, 7) is 0. The van der Waals surface area contributed by atoms with E-state index in [-0.39, 0.29) is 5.91 Å². The van der Waals surface area contributed by atoms with Gasteiger partial charge in [0.05, 0.1) is 30.3 Å². The van der Waals surface area contributed by atoms with E-state index in [1.54, 1.807) is 32.6 Å². The van der Waals surface area contributed by atoms with E-state index in [9.17, 15) is 4.79 Å². The second-order valence-corrected chi connectivity index (χ2v) is 8.63. The number of hydrogen-bond acceptors (Lipinski definition) is 6. The molecule has 0 saturated carbocycles. The van der Waals surface area contributed by atoms with E-state index in [0.717, 1.165) is 15.4 Å². The molecule has 2 aromatic carbocycles. The number of amides is 1. The Morgan fingerprint density at radius 1 is 1.14 bits per heavy atom. The number of ether oxygens (including phenoxy) is 2. The highest BCUT2D eigenvalue weighted by atomic mass is 79.9. The number of rotatable bonds is 4. The Morgan fingerprint density at radius 3 is 2.69 bits per heavy atom. The second-order valence-electron chi connectivity index (χ2n) is 6.10. The Hall–Kier alpha value is -2.42. The molecular weight excluding hydrogens is 472 g/mol. The van der Waals surface area contributed by atoms with Crippen LogP contribution in [-0.4, -0.2) is 29.4 Å². The average molecular weight is 487 g/mol. The van der Waals surface area contributed by atoms with Crippen LogP contribution in [0.1, 0.15) is 5.56 Å². The molecule has 1 amide bonds. The minimum atomic E-state index is -0.177. The Balaban J connectivity index is 1.74. The van der Waals surface area contributed by atoms with Gasteiger partial charge in [0.15, 0.2) is 15.8 Å². The molecular formula is C21H15BrN2O3S2. The molecule has 3 aromatic rings. The molecule has 0 N–H and O–H groups in total. The van der Waals surface area contributed by atoms with Gasteiger partial charge in [-0.25, -0.2) is 0 Å². The van der Waals surface area contributed by atoms with Crippen molar-refractivity contribution in [2.75, 3.05) is 19.1 Å². The number of fused-ring (bicyclic) bond motifs is 1. The van der Waals surface area contributed by atoms with Crippen LogP contribution >= 0.6 is 39.9 Å². The summed E-state index contributed by atoms with van der Waals surface area (Å²) in [6.07, 6.45) is 3.51. The second kappa shape index (κ2) is 8.14. The highest BCUT2D eigenvalue weighted by Crippen LogP contribution is 2.40. The van der Waals surface area contributed by atoms with Crippen LogP contribution in [-0.2, 0) is 4.79 Å². The maximum Gasteiger partial charge on any atom is 0.270 e. The fraction of sp³-hybridized carbons (Fsp3) is 0.0952. The molecule has 0 unspecified atom stereocenters. The largest absolute Gasteiger partial charge is 0.493 e. The number of carbonyl (C=O) groups is 1.